The lowest BCUT2D eigenvalue weighted by molar-refractivity contribution is -0.140. The normalized spacial score (nSPS) is 21.0. The Balaban J connectivity index is 2.20. The molecule has 1 aliphatic rings. The molecule has 0 saturated carbocycles. The van der Waals surface area contributed by atoms with Crippen molar-refractivity contribution >= 4 is 11.8 Å². The zero-order chi connectivity index (χ0) is 18.0. The zero-order valence-electron chi connectivity index (χ0n) is 15.2. The molecule has 2 rings (SSSR count). The molecule has 1 atom stereocenters. The summed E-state index contributed by atoms with van der Waals surface area (Å²) in [4.78, 5) is 29.4. The second-order valence-electron chi connectivity index (χ2n) is 7.73. The van der Waals surface area contributed by atoms with E-state index in [1.54, 1.807) is 29.0 Å². The van der Waals surface area contributed by atoms with Crippen molar-refractivity contribution in [2.75, 3.05) is 26.7 Å². The van der Waals surface area contributed by atoms with Gasteiger partial charge in [-0.05, 0) is 43.9 Å². The number of nitrogens with two attached hydrogens (primary N) is 1. The maximum Gasteiger partial charge on any atom is 0.254 e. The van der Waals surface area contributed by atoms with Crippen LogP contribution in [0.25, 0.3) is 0 Å². The van der Waals surface area contributed by atoms with Gasteiger partial charge in [-0.1, -0.05) is 32.0 Å². The number of hydrogen-bond acceptors (Lipinski definition) is 3. The predicted molar refractivity (Wildman–Crippen MR) is 95.6 cm³/mol. The van der Waals surface area contributed by atoms with Crippen LogP contribution in [0.15, 0.2) is 30.3 Å². The minimum atomic E-state index is -0.785. The maximum atomic E-state index is 13.1. The molecule has 132 valence electrons. The predicted octanol–water partition coefficient (Wildman–Crippen LogP) is 2.12. The van der Waals surface area contributed by atoms with Gasteiger partial charge < -0.3 is 15.5 Å². The van der Waals surface area contributed by atoms with Gasteiger partial charge in [0.1, 0.15) is 5.54 Å². The van der Waals surface area contributed by atoms with Gasteiger partial charge in [0.05, 0.1) is 0 Å². The Morgan fingerprint density at radius 2 is 1.92 bits per heavy atom. The van der Waals surface area contributed by atoms with Crippen LogP contribution >= 0.6 is 0 Å². The Kier molecular flexibility index (Phi) is 5.33. The Labute approximate surface area is 144 Å². The van der Waals surface area contributed by atoms with Crippen LogP contribution in [0.2, 0.25) is 0 Å². The molecule has 1 aliphatic heterocycles. The third-order valence-corrected chi connectivity index (χ3v) is 4.93. The van der Waals surface area contributed by atoms with Gasteiger partial charge in [-0.3, -0.25) is 9.59 Å². The lowest BCUT2D eigenvalue weighted by Crippen LogP contribution is -2.57. The van der Waals surface area contributed by atoms with Crippen LogP contribution in [0, 0.1) is 5.41 Å². The van der Waals surface area contributed by atoms with Gasteiger partial charge in [0, 0.05) is 25.7 Å². The van der Waals surface area contributed by atoms with Crippen molar-refractivity contribution in [1.29, 1.82) is 0 Å². The van der Waals surface area contributed by atoms with Crippen molar-refractivity contribution in [2.24, 2.45) is 11.1 Å². The molecule has 24 heavy (non-hydrogen) atoms. The molecule has 5 heteroatoms. The lowest BCUT2D eigenvalue weighted by atomic mass is 9.91. The highest BCUT2D eigenvalue weighted by Crippen LogP contribution is 2.33. The first-order chi connectivity index (χ1) is 11.2. The van der Waals surface area contributed by atoms with E-state index in [9.17, 15) is 9.59 Å². The van der Waals surface area contributed by atoms with Crippen molar-refractivity contribution in [3.8, 4) is 0 Å². The standard InChI is InChI=1S/C19H29N3O2/c1-18(2,13-20)14-21(4)17(24)19(3)11-8-12-22(19)16(23)15-9-6-5-7-10-15/h5-7,9-10H,8,11-14,20H2,1-4H3. The van der Waals surface area contributed by atoms with E-state index < -0.39 is 5.54 Å². The Bertz CT molecular complexity index is 600. The molecule has 2 amide bonds. The molecule has 0 radical (unpaired) electrons. The average Bonchev–Trinajstić information content (AvgIpc) is 2.96. The smallest absolute Gasteiger partial charge is 0.254 e. The summed E-state index contributed by atoms with van der Waals surface area (Å²) in [6, 6.07) is 9.17. The number of benzene rings is 1. The van der Waals surface area contributed by atoms with Crippen molar-refractivity contribution in [3.63, 3.8) is 0 Å². The molecule has 0 aliphatic carbocycles. The first-order valence-electron chi connectivity index (χ1n) is 8.54. The highest BCUT2D eigenvalue weighted by atomic mass is 16.2. The van der Waals surface area contributed by atoms with Crippen molar-refractivity contribution in [3.05, 3.63) is 35.9 Å². The number of nitrogens with zero attached hydrogens (tertiary/aromatic N) is 2. The number of likely N-dealkylation sites (N-methyl/N-ethyl adjacent to an activating group) is 1. The van der Waals surface area contributed by atoms with Crippen LogP contribution in [0.1, 0.15) is 44.0 Å². The molecule has 0 bridgehead atoms. The summed E-state index contributed by atoms with van der Waals surface area (Å²) in [6.07, 6.45) is 1.53. The van der Waals surface area contributed by atoms with Crippen molar-refractivity contribution in [2.45, 2.75) is 39.2 Å². The summed E-state index contributed by atoms with van der Waals surface area (Å²) in [5, 5.41) is 0. The quantitative estimate of drug-likeness (QED) is 0.899. The Hall–Kier alpha value is -1.88. The molecule has 0 spiro atoms. The van der Waals surface area contributed by atoms with Crippen molar-refractivity contribution < 1.29 is 9.59 Å². The van der Waals surface area contributed by atoms with Crippen LogP contribution in [-0.4, -0.2) is 53.8 Å². The summed E-state index contributed by atoms with van der Waals surface area (Å²) >= 11 is 0. The SMILES string of the molecule is CN(CC(C)(C)CN)C(=O)C1(C)CCCN1C(=O)c1ccccc1. The lowest BCUT2D eigenvalue weighted by Gasteiger charge is -2.39. The van der Waals surface area contributed by atoms with E-state index in [4.69, 9.17) is 5.73 Å². The van der Waals surface area contributed by atoms with E-state index in [0.29, 0.717) is 31.6 Å². The van der Waals surface area contributed by atoms with Crippen LogP contribution in [0.4, 0.5) is 0 Å². The van der Waals surface area contributed by atoms with Crippen molar-refractivity contribution in [1.82, 2.24) is 9.80 Å². The topological polar surface area (TPSA) is 66.6 Å². The third kappa shape index (κ3) is 3.61. The molecule has 0 aromatic heterocycles. The monoisotopic (exact) mass is 331 g/mol. The molecule has 5 nitrogen and oxygen atoms in total. The van der Waals surface area contributed by atoms with Crippen LogP contribution < -0.4 is 5.73 Å². The third-order valence-electron chi connectivity index (χ3n) is 4.93. The summed E-state index contributed by atoms with van der Waals surface area (Å²) in [5.74, 6) is -0.0822. The number of likely N-dealkylation sites (tertiary alicyclic amines) is 1. The Morgan fingerprint density at radius 3 is 2.50 bits per heavy atom. The molecule has 1 fully saturated rings. The highest BCUT2D eigenvalue weighted by molar-refractivity contribution is 5.99. The molecule has 2 N–H and O–H groups in total. The largest absolute Gasteiger partial charge is 0.343 e. The van der Waals surface area contributed by atoms with E-state index >= 15 is 0 Å². The van der Waals surface area contributed by atoms with Crippen LogP contribution in [0.3, 0.4) is 0 Å². The summed E-state index contributed by atoms with van der Waals surface area (Å²) < 4.78 is 0. The fourth-order valence-corrected chi connectivity index (χ4v) is 3.44. The van der Waals surface area contributed by atoms with E-state index in [-0.39, 0.29) is 17.2 Å². The van der Waals surface area contributed by atoms with Gasteiger partial charge in [-0.2, -0.15) is 0 Å². The minimum Gasteiger partial charge on any atom is -0.343 e. The molecule has 1 heterocycles. The fourth-order valence-electron chi connectivity index (χ4n) is 3.44. The molecule has 1 unspecified atom stereocenters. The molecule has 1 saturated heterocycles. The number of carbonyl (C=O) groups is 2. The molecular weight excluding hydrogens is 302 g/mol. The summed E-state index contributed by atoms with van der Waals surface area (Å²) in [5.41, 5.74) is 5.49. The average molecular weight is 331 g/mol. The maximum absolute atomic E-state index is 13.1. The fraction of sp³-hybridized carbons (Fsp3) is 0.579. The van der Waals surface area contributed by atoms with E-state index in [0.717, 1.165) is 6.42 Å². The van der Waals surface area contributed by atoms with E-state index in [1.807, 2.05) is 39.0 Å². The first kappa shape index (κ1) is 18.5. The van der Waals surface area contributed by atoms with E-state index in [1.165, 1.54) is 0 Å². The number of hydrogen-bond donors (Lipinski definition) is 1. The number of carbonyl (C=O) groups excluding carboxylic acids is 2. The number of amides is 2. The zero-order valence-corrected chi connectivity index (χ0v) is 15.2. The molecular formula is C19H29N3O2. The van der Waals surface area contributed by atoms with Gasteiger partial charge in [0.25, 0.3) is 5.91 Å². The summed E-state index contributed by atoms with van der Waals surface area (Å²) in [6.45, 7) is 7.67. The Morgan fingerprint density at radius 1 is 1.29 bits per heavy atom. The highest BCUT2D eigenvalue weighted by Gasteiger charge is 2.47. The van der Waals surface area contributed by atoms with Gasteiger partial charge in [0.2, 0.25) is 5.91 Å². The minimum absolute atomic E-state index is 0.00851. The molecule has 1 aromatic carbocycles. The number of rotatable bonds is 5. The van der Waals surface area contributed by atoms with E-state index in [2.05, 4.69) is 0 Å². The first-order valence-corrected chi connectivity index (χ1v) is 8.54. The van der Waals surface area contributed by atoms with Gasteiger partial charge in [-0.25, -0.2) is 0 Å². The van der Waals surface area contributed by atoms with Gasteiger partial charge >= 0.3 is 0 Å². The van der Waals surface area contributed by atoms with Crippen LogP contribution in [-0.2, 0) is 4.79 Å². The second-order valence-corrected chi connectivity index (χ2v) is 7.73. The van der Waals surface area contributed by atoms with Gasteiger partial charge in [-0.15, -0.1) is 0 Å². The molecule has 1 aromatic rings. The van der Waals surface area contributed by atoms with Crippen LogP contribution in [0.5, 0.6) is 0 Å². The second kappa shape index (κ2) is 6.93. The summed E-state index contributed by atoms with van der Waals surface area (Å²) in [7, 11) is 1.80. The van der Waals surface area contributed by atoms with Gasteiger partial charge in [0.15, 0.2) is 0 Å².